The summed E-state index contributed by atoms with van der Waals surface area (Å²) in [6.45, 7) is 4.00. The van der Waals surface area contributed by atoms with E-state index in [9.17, 15) is 4.39 Å². The van der Waals surface area contributed by atoms with E-state index in [0.717, 1.165) is 25.1 Å². The Morgan fingerprint density at radius 3 is 2.90 bits per heavy atom. The number of hydrogen-bond acceptors (Lipinski definition) is 2. The molecule has 3 rings (SSSR count). The average Bonchev–Trinajstić information content (AvgIpc) is 2.70. The van der Waals surface area contributed by atoms with Gasteiger partial charge < -0.3 is 10.6 Å². The van der Waals surface area contributed by atoms with E-state index in [0.29, 0.717) is 6.04 Å². The van der Waals surface area contributed by atoms with E-state index in [-0.39, 0.29) is 11.9 Å². The minimum atomic E-state index is -0.177. The molecular weight excluding hydrogens is 263 g/mol. The lowest BCUT2D eigenvalue weighted by Gasteiger charge is -2.24. The van der Waals surface area contributed by atoms with Gasteiger partial charge in [0.05, 0.1) is 0 Å². The van der Waals surface area contributed by atoms with Crippen LogP contribution in [0.4, 0.5) is 4.39 Å². The molecule has 3 heteroatoms. The highest BCUT2D eigenvalue weighted by molar-refractivity contribution is 5.31. The molecule has 0 bridgehead atoms. The molecule has 2 N–H and O–H groups in total. The Hall–Kier alpha value is -1.71. The highest BCUT2D eigenvalue weighted by Crippen LogP contribution is 2.26. The SMILES string of the molecule is CC(NC1CCNCc2ccccc21)c1cccc(F)c1. The van der Waals surface area contributed by atoms with Gasteiger partial charge in [-0.15, -0.1) is 0 Å². The minimum absolute atomic E-state index is 0.122. The average molecular weight is 284 g/mol. The topological polar surface area (TPSA) is 24.1 Å². The lowest BCUT2D eigenvalue weighted by molar-refractivity contribution is 0.442. The second kappa shape index (κ2) is 6.37. The molecule has 0 aromatic heterocycles. The molecule has 2 aromatic rings. The monoisotopic (exact) mass is 284 g/mol. The maximum atomic E-state index is 13.4. The first-order chi connectivity index (χ1) is 10.2. The molecule has 0 aliphatic carbocycles. The molecule has 0 fully saturated rings. The summed E-state index contributed by atoms with van der Waals surface area (Å²) in [7, 11) is 0. The van der Waals surface area contributed by atoms with Gasteiger partial charge in [-0.2, -0.15) is 0 Å². The summed E-state index contributed by atoms with van der Waals surface area (Å²) in [6.07, 6.45) is 1.04. The summed E-state index contributed by atoms with van der Waals surface area (Å²) < 4.78 is 13.4. The van der Waals surface area contributed by atoms with Crippen molar-refractivity contribution < 1.29 is 4.39 Å². The fourth-order valence-corrected chi connectivity index (χ4v) is 3.01. The third kappa shape index (κ3) is 3.31. The summed E-state index contributed by atoms with van der Waals surface area (Å²) in [6, 6.07) is 15.8. The quantitative estimate of drug-likeness (QED) is 0.898. The van der Waals surface area contributed by atoms with E-state index in [4.69, 9.17) is 0 Å². The Bertz CT molecular complexity index is 612. The molecule has 110 valence electrons. The number of halogens is 1. The molecule has 1 heterocycles. The molecule has 21 heavy (non-hydrogen) atoms. The number of fused-ring (bicyclic) bond motifs is 1. The Kier molecular flexibility index (Phi) is 4.32. The summed E-state index contributed by atoms with van der Waals surface area (Å²) >= 11 is 0. The molecule has 0 saturated heterocycles. The van der Waals surface area contributed by atoms with E-state index in [1.54, 1.807) is 12.1 Å². The molecule has 1 aliphatic heterocycles. The molecule has 0 radical (unpaired) electrons. The number of benzene rings is 2. The van der Waals surface area contributed by atoms with Gasteiger partial charge in [0.2, 0.25) is 0 Å². The second-order valence-electron chi connectivity index (χ2n) is 5.66. The molecule has 0 spiro atoms. The van der Waals surface area contributed by atoms with E-state index >= 15 is 0 Å². The van der Waals surface area contributed by atoms with E-state index < -0.39 is 0 Å². The fourth-order valence-electron chi connectivity index (χ4n) is 3.01. The van der Waals surface area contributed by atoms with Crippen LogP contribution in [0.5, 0.6) is 0 Å². The summed E-state index contributed by atoms with van der Waals surface area (Å²) in [5.74, 6) is -0.177. The third-order valence-corrected chi connectivity index (χ3v) is 4.16. The number of hydrogen-bond donors (Lipinski definition) is 2. The van der Waals surface area contributed by atoms with Crippen molar-refractivity contribution in [1.82, 2.24) is 10.6 Å². The lowest BCUT2D eigenvalue weighted by atomic mass is 9.97. The van der Waals surface area contributed by atoms with Gasteiger partial charge in [0.1, 0.15) is 5.82 Å². The highest BCUT2D eigenvalue weighted by atomic mass is 19.1. The van der Waals surface area contributed by atoms with E-state index in [1.807, 2.05) is 6.07 Å². The first-order valence-electron chi connectivity index (χ1n) is 7.54. The first kappa shape index (κ1) is 14.2. The smallest absolute Gasteiger partial charge is 0.123 e. The van der Waals surface area contributed by atoms with Crippen molar-refractivity contribution in [3.8, 4) is 0 Å². The van der Waals surface area contributed by atoms with Crippen LogP contribution in [0.25, 0.3) is 0 Å². The molecule has 2 atom stereocenters. The number of nitrogens with one attached hydrogen (secondary N) is 2. The number of rotatable bonds is 3. The molecule has 2 nitrogen and oxygen atoms in total. The summed E-state index contributed by atoms with van der Waals surface area (Å²) in [4.78, 5) is 0. The maximum Gasteiger partial charge on any atom is 0.123 e. The summed E-state index contributed by atoms with van der Waals surface area (Å²) in [5, 5.41) is 7.11. The minimum Gasteiger partial charge on any atom is -0.313 e. The zero-order valence-electron chi connectivity index (χ0n) is 12.3. The van der Waals surface area contributed by atoms with Gasteiger partial charge in [-0.3, -0.25) is 0 Å². The largest absolute Gasteiger partial charge is 0.313 e. The predicted octanol–water partition coefficient (Wildman–Crippen LogP) is 3.71. The normalized spacial score (nSPS) is 19.6. The zero-order valence-corrected chi connectivity index (χ0v) is 12.3. The van der Waals surface area contributed by atoms with Crippen LogP contribution in [0.15, 0.2) is 48.5 Å². The van der Waals surface area contributed by atoms with Crippen molar-refractivity contribution in [3.05, 3.63) is 71.0 Å². The van der Waals surface area contributed by atoms with Crippen LogP contribution in [0, 0.1) is 5.82 Å². The fraction of sp³-hybridized carbons (Fsp3) is 0.333. The Morgan fingerprint density at radius 2 is 2.05 bits per heavy atom. The standard InChI is InChI=1S/C18H21FN2/c1-13(14-6-4-7-16(19)11-14)21-18-9-10-20-12-15-5-2-3-8-17(15)18/h2-8,11,13,18,20-21H,9-10,12H2,1H3. The zero-order chi connectivity index (χ0) is 14.7. The highest BCUT2D eigenvalue weighted by Gasteiger charge is 2.20. The van der Waals surface area contributed by atoms with Crippen molar-refractivity contribution in [1.29, 1.82) is 0 Å². The first-order valence-corrected chi connectivity index (χ1v) is 7.54. The summed E-state index contributed by atoms with van der Waals surface area (Å²) in [5.41, 5.74) is 3.69. The van der Waals surface area contributed by atoms with Gasteiger partial charge in [0.25, 0.3) is 0 Å². The van der Waals surface area contributed by atoms with Crippen LogP contribution in [0.1, 0.15) is 42.1 Å². The molecule has 2 aromatic carbocycles. The van der Waals surface area contributed by atoms with Gasteiger partial charge in [-0.05, 0) is 48.7 Å². The molecular formula is C18H21FN2. The van der Waals surface area contributed by atoms with Crippen molar-refractivity contribution in [2.75, 3.05) is 6.54 Å². The Balaban J connectivity index is 1.81. The second-order valence-corrected chi connectivity index (χ2v) is 5.66. The maximum absolute atomic E-state index is 13.4. The van der Waals surface area contributed by atoms with Crippen LogP contribution >= 0.6 is 0 Å². The molecule has 1 aliphatic rings. The van der Waals surface area contributed by atoms with Crippen LogP contribution in [-0.2, 0) is 6.54 Å². The van der Waals surface area contributed by atoms with Crippen LogP contribution in [0.3, 0.4) is 0 Å². The van der Waals surface area contributed by atoms with E-state index in [1.165, 1.54) is 17.2 Å². The van der Waals surface area contributed by atoms with E-state index in [2.05, 4.69) is 41.8 Å². The van der Waals surface area contributed by atoms with Crippen LogP contribution < -0.4 is 10.6 Å². The molecule has 0 amide bonds. The van der Waals surface area contributed by atoms with Gasteiger partial charge in [0.15, 0.2) is 0 Å². The molecule has 2 unspecified atom stereocenters. The van der Waals surface area contributed by atoms with Gasteiger partial charge in [-0.1, -0.05) is 36.4 Å². The van der Waals surface area contributed by atoms with Crippen molar-refractivity contribution in [3.63, 3.8) is 0 Å². The third-order valence-electron chi connectivity index (χ3n) is 4.16. The van der Waals surface area contributed by atoms with Gasteiger partial charge in [0, 0.05) is 18.6 Å². The Morgan fingerprint density at radius 1 is 1.19 bits per heavy atom. The van der Waals surface area contributed by atoms with Crippen LogP contribution in [-0.4, -0.2) is 6.54 Å². The van der Waals surface area contributed by atoms with Crippen molar-refractivity contribution in [2.24, 2.45) is 0 Å². The predicted molar refractivity (Wildman–Crippen MR) is 83.5 cm³/mol. The Labute approximate surface area is 125 Å². The van der Waals surface area contributed by atoms with Gasteiger partial charge in [-0.25, -0.2) is 4.39 Å². The van der Waals surface area contributed by atoms with Gasteiger partial charge >= 0.3 is 0 Å². The molecule has 0 saturated carbocycles. The van der Waals surface area contributed by atoms with Crippen molar-refractivity contribution in [2.45, 2.75) is 32.0 Å². The van der Waals surface area contributed by atoms with Crippen molar-refractivity contribution >= 4 is 0 Å². The van der Waals surface area contributed by atoms with Crippen LogP contribution in [0.2, 0.25) is 0 Å². The lowest BCUT2D eigenvalue weighted by Crippen LogP contribution is -2.26.